The van der Waals surface area contributed by atoms with Gasteiger partial charge in [-0.1, -0.05) is 6.07 Å². The van der Waals surface area contributed by atoms with E-state index in [9.17, 15) is 14.0 Å². The maximum absolute atomic E-state index is 13.1. The molecule has 1 N–H and O–H groups in total. The standard InChI is InChI=1S/C24H28FN3O2/c25-21-7-9-22(10-8-21)27-13-15-28(16-14-27)23(29)11-12-26-24(30)20-6-5-18-3-1-2-4-19(18)17-20/h5-10,17H,1-4,11-16H2,(H,26,30). The van der Waals surface area contributed by atoms with Crippen LogP contribution in [0.4, 0.5) is 10.1 Å². The van der Waals surface area contributed by atoms with Crippen LogP contribution < -0.4 is 10.2 Å². The summed E-state index contributed by atoms with van der Waals surface area (Å²) in [6, 6.07) is 12.4. The number of anilines is 1. The van der Waals surface area contributed by atoms with Crippen LogP contribution in [-0.4, -0.2) is 49.4 Å². The number of benzene rings is 2. The van der Waals surface area contributed by atoms with Crippen molar-refractivity contribution in [1.29, 1.82) is 0 Å². The van der Waals surface area contributed by atoms with Crippen molar-refractivity contribution >= 4 is 17.5 Å². The minimum absolute atomic E-state index is 0.0551. The molecule has 5 nitrogen and oxygen atoms in total. The Kier molecular flexibility index (Phi) is 6.31. The Morgan fingerprint density at radius 3 is 2.33 bits per heavy atom. The lowest BCUT2D eigenvalue weighted by atomic mass is 9.90. The number of carbonyl (C=O) groups excluding carboxylic acids is 2. The van der Waals surface area contributed by atoms with Crippen molar-refractivity contribution in [2.75, 3.05) is 37.6 Å². The van der Waals surface area contributed by atoms with Gasteiger partial charge in [0.25, 0.3) is 5.91 Å². The van der Waals surface area contributed by atoms with E-state index in [0.717, 1.165) is 31.6 Å². The summed E-state index contributed by atoms with van der Waals surface area (Å²) < 4.78 is 13.1. The highest BCUT2D eigenvalue weighted by molar-refractivity contribution is 5.94. The maximum Gasteiger partial charge on any atom is 0.251 e. The minimum Gasteiger partial charge on any atom is -0.368 e. The predicted molar refractivity (Wildman–Crippen MR) is 115 cm³/mol. The summed E-state index contributed by atoms with van der Waals surface area (Å²) in [5.74, 6) is -0.304. The van der Waals surface area contributed by atoms with E-state index in [1.807, 2.05) is 17.0 Å². The van der Waals surface area contributed by atoms with Crippen molar-refractivity contribution in [3.05, 3.63) is 65.0 Å². The molecule has 1 fully saturated rings. The second-order valence-corrected chi connectivity index (χ2v) is 8.04. The Labute approximate surface area is 176 Å². The minimum atomic E-state index is -0.245. The second kappa shape index (κ2) is 9.28. The summed E-state index contributed by atoms with van der Waals surface area (Å²) in [6.45, 7) is 3.05. The Bertz CT molecular complexity index is 905. The van der Waals surface area contributed by atoms with Crippen LogP contribution in [0.1, 0.15) is 40.7 Å². The normalized spacial score (nSPS) is 16.2. The average Bonchev–Trinajstić information content (AvgIpc) is 2.79. The summed E-state index contributed by atoms with van der Waals surface area (Å²) in [5.41, 5.74) is 4.29. The van der Waals surface area contributed by atoms with Crippen LogP contribution in [0.3, 0.4) is 0 Å². The number of nitrogens with one attached hydrogen (secondary N) is 1. The van der Waals surface area contributed by atoms with Gasteiger partial charge in [0.05, 0.1) is 0 Å². The number of hydrogen-bond donors (Lipinski definition) is 1. The summed E-state index contributed by atoms with van der Waals surface area (Å²) in [4.78, 5) is 28.9. The third kappa shape index (κ3) is 4.81. The van der Waals surface area contributed by atoms with Crippen LogP contribution in [-0.2, 0) is 17.6 Å². The summed E-state index contributed by atoms with van der Waals surface area (Å²) in [5, 5.41) is 2.88. The Balaban J connectivity index is 1.21. The predicted octanol–water partition coefficient (Wildman–Crippen LogP) is 3.17. The van der Waals surface area contributed by atoms with Gasteiger partial charge >= 0.3 is 0 Å². The fourth-order valence-electron chi connectivity index (χ4n) is 4.28. The highest BCUT2D eigenvalue weighted by Gasteiger charge is 2.21. The lowest BCUT2D eigenvalue weighted by molar-refractivity contribution is -0.131. The largest absolute Gasteiger partial charge is 0.368 e. The summed E-state index contributed by atoms with van der Waals surface area (Å²) >= 11 is 0. The van der Waals surface area contributed by atoms with Crippen LogP contribution in [0, 0.1) is 5.82 Å². The number of carbonyl (C=O) groups is 2. The zero-order valence-corrected chi connectivity index (χ0v) is 17.2. The highest BCUT2D eigenvalue weighted by atomic mass is 19.1. The zero-order chi connectivity index (χ0) is 20.9. The number of hydrogen-bond acceptors (Lipinski definition) is 3. The van der Waals surface area contributed by atoms with Crippen LogP contribution in [0.15, 0.2) is 42.5 Å². The van der Waals surface area contributed by atoms with E-state index >= 15 is 0 Å². The smallest absolute Gasteiger partial charge is 0.251 e. The van der Waals surface area contributed by atoms with E-state index in [1.165, 1.54) is 36.1 Å². The molecule has 1 aliphatic heterocycles. The number of piperazine rings is 1. The average molecular weight is 410 g/mol. The molecule has 1 aliphatic carbocycles. The van der Waals surface area contributed by atoms with Gasteiger partial charge in [-0.2, -0.15) is 0 Å². The first kappa shape index (κ1) is 20.4. The molecule has 4 rings (SSSR count). The SMILES string of the molecule is O=C(NCCC(=O)N1CCN(c2ccc(F)cc2)CC1)c1ccc2c(c1)CCCC2. The molecule has 0 saturated carbocycles. The molecule has 2 amide bonds. The molecule has 0 aromatic heterocycles. The van der Waals surface area contributed by atoms with E-state index in [0.29, 0.717) is 31.6 Å². The molecule has 1 saturated heterocycles. The number of nitrogens with zero attached hydrogens (tertiary/aromatic N) is 2. The van der Waals surface area contributed by atoms with E-state index in [2.05, 4.69) is 16.3 Å². The third-order valence-corrected chi connectivity index (χ3v) is 6.06. The molecule has 2 aromatic carbocycles. The molecular formula is C24H28FN3O2. The molecule has 0 atom stereocenters. The van der Waals surface area contributed by atoms with Gasteiger partial charge in [0.1, 0.15) is 5.82 Å². The second-order valence-electron chi connectivity index (χ2n) is 8.04. The molecule has 2 aliphatic rings. The van der Waals surface area contributed by atoms with Crippen molar-refractivity contribution in [2.45, 2.75) is 32.1 Å². The van der Waals surface area contributed by atoms with E-state index in [-0.39, 0.29) is 17.6 Å². The molecule has 0 spiro atoms. The number of rotatable bonds is 5. The summed E-state index contributed by atoms with van der Waals surface area (Å²) in [7, 11) is 0. The van der Waals surface area contributed by atoms with Gasteiger partial charge in [0, 0.05) is 50.4 Å². The Morgan fingerprint density at radius 1 is 0.900 bits per heavy atom. The number of halogens is 1. The molecule has 0 bridgehead atoms. The fraction of sp³-hybridized carbons (Fsp3) is 0.417. The summed E-state index contributed by atoms with van der Waals surface area (Å²) in [6.07, 6.45) is 4.84. The molecule has 6 heteroatoms. The Morgan fingerprint density at radius 2 is 1.60 bits per heavy atom. The van der Waals surface area contributed by atoms with Gasteiger partial charge in [0.2, 0.25) is 5.91 Å². The molecule has 0 unspecified atom stereocenters. The van der Waals surface area contributed by atoms with Crippen molar-refractivity contribution in [1.82, 2.24) is 10.2 Å². The van der Waals surface area contributed by atoms with E-state index in [1.54, 1.807) is 12.1 Å². The van der Waals surface area contributed by atoms with Crippen LogP contribution in [0.2, 0.25) is 0 Å². The lowest BCUT2D eigenvalue weighted by Crippen LogP contribution is -2.49. The number of amides is 2. The van der Waals surface area contributed by atoms with Gasteiger partial charge < -0.3 is 15.1 Å². The first-order valence-electron chi connectivity index (χ1n) is 10.8. The topological polar surface area (TPSA) is 52.7 Å². The molecule has 0 radical (unpaired) electrons. The van der Waals surface area contributed by atoms with Gasteiger partial charge in [0.15, 0.2) is 0 Å². The Hall–Kier alpha value is -2.89. The molecular weight excluding hydrogens is 381 g/mol. The molecule has 158 valence electrons. The van der Waals surface area contributed by atoms with Crippen LogP contribution in [0.5, 0.6) is 0 Å². The van der Waals surface area contributed by atoms with Gasteiger partial charge in [-0.15, -0.1) is 0 Å². The first-order valence-corrected chi connectivity index (χ1v) is 10.8. The monoisotopic (exact) mass is 409 g/mol. The maximum atomic E-state index is 13.1. The molecule has 30 heavy (non-hydrogen) atoms. The van der Waals surface area contributed by atoms with Crippen molar-refractivity contribution in [3.8, 4) is 0 Å². The fourth-order valence-corrected chi connectivity index (χ4v) is 4.28. The van der Waals surface area contributed by atoms with E-state index < -0.39 is 0 Å². The van der Waals surface area contributed by atoms with Gasteiger partial charge in [-0.3, -0.25) is 9.59 Å². The quantitative estimate of drug-likeness (QED) is 0.825. The van der Waals surface area contributed by atoms with Crippen molar-refractivity contribution in [2.24, 2.45) is 0 Å². The van der Waals surface area contributed by atoms with Crippen molar-refractivity contribution in [3.63, 3.8) is 0 Å². The lowest BCUT2D eigenvalue weighted by Gasteiger charge is -2.36. The zero-order valence-electron chi connectivity index (χ0n) is 17.2. The molecule has 2 aromatic rings. The third-order valence-electron chi connectivity index (χ3n) is 6.06. The van der Waals surface area contributed by atoms with Crippen LogP contribution >= 0.6 is 0 Å². The van der Waals surface area contributed by atoms with E-state index in [4.69, 9.17) is 0 Å². The van der Waals surface area contributed by atoms with Crippen molar-refractivity contribution < 1.29 is 14.0 Å². The molecule has 1 heterocycles. The first-order chi connectivity index (χ1) is 14.6. The number of fused-ring (bicyclic) bond motifs is 1. The number of aryl methyl sites for hydroxylation is 2. The van der Waals surface area contributed by atoms with Crippen LogP contribution in [0.25, 0.3) is 0 Å². The highest BCUT2D eigenvalue weighted by Crippen LogP contribution is 2.22. The van der Waals surface area contributed by atoms with Gasteiger partial charge in [-0.05, 0) is 73.2 Å². The van der Waals surface area contributed by atoms with Gasteiger partial charge in [-0.25, -0.2) is 4.39 Å².